The minimum atomic E-state index is -0.961. The predicted molar refractivity (Wildman–Crippen MR) is 132 cm³/mol. The fourth-order valence-electron chi connectivity index (χ4n) is 4.26. The lowest BCUT2D eigenvalue weighted by Gasteiger charge is -2.27. The molecule has 1 aliphatic rings. The molecule has 0 saturated heterocycles. The molecule has 180 valence electrons. The number of hydrogen-bond acceptors (Lipinski definition) is 5. The van der Waals surface area contributed by atoms with E-state index in [0.717, 1.165) is 5.56 Å². The molecule has 1 aliphatic heterocycles. The number of aliphatic hydroxyl groups is 1. The zero-order valence-corrected chi connectivity index (χ0v) is 19.9. The van der Waals surface area contributed by atoms with Crippen LogP contribution in [0.25, 0.3) is 10.6 Å². The van der Waals surface area contributed by atoms with Gasteiger partial charge in [-0.25, -0.2) is 13.8 Å². The van der Waals surface area contributed by atoms with E-state index in [0.29, 0.717) is 26.7 Å². The van der Waals surface area contributed by atoms with Crippen molar-refractivity contribution in [1.82, 2.24) is 9.88 Å². The SMILES string of the molecule is Cc1nc(-c2ccccc2)sc1C(=O)C1=C(O)C(=O)N(Cc2ccc(F)cc2)C1c1ccc(F)cc1. The normalized spacial score (nSPS) is 15.6. The van der Waals surface area contributed by atoms with Crippen molar-refractivity contribution in [3.05, 3.63) is 124 Å². The number of carbonyl (C=O) groups excluding carboxylic acids is 2. The Bertz CT molecular complexity index is 1480. The number of benzene rings is 3. The van der Waals surface area contributed by atoms with Crippen LogP contribution in [0.1, 0.15) is 32.5 Å². The lowest BCUT2D eigenvalue weighted by molar-refractivity contribution is -0.130. The van der Waals surface area contributed by atoms with Crippen LogP contribution in [0, 0.1) is 18.6 Å². The third-order valence-corrected chi connectivity index (χ3v) is 7.23. The predicted octanol–water partition coefficient (Wildman–Crippen LogP) is 6.18. The molecule has 5 rings (SSSR count). The molecule has 4 aromatic rings. The van der Waals surface area contributed by atoms with E-state index < -0.39 is 35.1 Å². The second-order valence-electron chi connectivity index (χ2n) is 8.40. The van der Waals surface area contributed by atoms with Gasteiger partial charge in [0.2, 0.25) is 5.78 Å². The van der Waals surface area contributed by atoms with Gasteiger partial charge in [0, 0.05) is 12.1 Å². The quantitative estimate of drug-likeness (QED) is 0.320. The highest BCUT2D eigenvalue weighted by molar-refractivity contribution is 7.17. The van der Waals surface area contributed by atoms with Crippen molar-refractivity contribution < 1.29 is 23.5 Å². The van der Waals surface area contributed by atoms with Crippen LogP contribution in [0.5, 0.6) is 0 Å². The first-order valence-electron chi connectivity index (χ1n) is 11.1. The maximum Gasteiger partial charge on any atom is 0.290 e. The Morgan fingerprint density at radius 1 is 0.972 bits per heavy atom. The van der Waals surface area contributed by atoms with E-state index >= 15 is 0 Å². The number of amides is 1. The standard InChI is InChI=1S/C28H20F2N2O3S/c1-16-26(36-27(31-16)19-5-3-2-4-6-19)24(33)22-23(18-9-13-21(30)14-10-18)32(28(35)25(22)34)15-17-7-11-20(29)12-8-17/h2-14,23,34H,15H2,1H3. The summed E-state index contributed by atoms with van der Waals surface area (Å²) in [5.41, 5.74) is 2.30. The van der Waals surface area contributed by atoms with E-state index in [1.807, 2.05) is 30.3 Å². The minimum absolute atomic E-state index is 0.0128. The number of hydrogen-bond donors (Lipinski definition) is 1. The van der Waals surface area contributed by atoms with Gasteiger partial charge in [-0.3, -0.25) is 9.59 Å². The van der Waals surface area contributed by atoms with Gasteiger partial charge in [-0.2, -0.15) is 0 Å². The Hall–Kier alpha value is -4.17. The third-order valence-electron chi connectivity index (χ3n) is 6.02. The van der Waals surface area contributed by atoms with Crippen molar-refractivity contribution >= 4 is 23.0 Å². The van der Waals surface area contributed by atoms with Gasteiger partial charge >= 0.3 is 0 Å². The maximum atomic E-state index is 13.8. The first-order chi connectivity index (χ1) is 17.3. The Balaban J connectivity index is 1.57. The van der Waals surface area contributed by atoms with Crippen molar-refractivity contribution in [1.29, 1.82) is 0 Å². The van der Waals surface area contributed by atoms with Crippen LogP contribution >= 0.6 is 11.3 Å². The van der Waals surface area contributed by atoms with Crippen LogP contribution in [0.4, 0.5) is 8.78 Å². The second kappa shape index (κ2) is 9.47. The second-order valence-corrected chi connectivity index (χ2v) is 9.40. The summed E-state index contributed by atoms with van der Waals surface area (Å²) >= 11 is 1.18. The number of ketones is 1. The first-order valence-corrected chi connectivity index (χ1v) is 12.0. The number of nitrogens with zero attached hydrogens (tertiary/aromatic N) is 2. The van der Waals surface area contributed by atoms with Gasteiger partial charge in [0.1, 0.15) is 16.6 Å². The van der Waals surface area contributed by atoms with E-state index in [4.69, 9.17) is 0 Å². The lowest BCUT2D eigenvalue weighted by atomic mass is 9.95. The molecule has 1 amide bonds. The van der Waals surface area contributed by atoms with Gasteiger partial charge in [0.15, 0.2) is 5.76 Å². The highest BCUT2D eigenvalue weighted by Gasteiger charge is 2.44. The van der Waals surface area contributed by atoms with Gasteiger partial charge in [-0.1, -0.05) is 54.6 Å². The number of aromatic nitrogens is 1. The molecular formula is C28H20F2N2O3S. The van der Waals surface area contributed by atoms with Gasteiger partial charge in [0.25, 0.3) is 5.91 Å². The fourth-order valence-corrected chi connectivity index (χ4v) is 5.29. The van der Waals surface area contributed by atoms with Crippen molar-refractivity contribution in [2.24, 2.45) is 0 Å². The van der Waals surface area contributed by atoms with Crippen LogP contribution in [0.15, 0.2) is 90.2 Å². The number of rotatable bonds is 6. The topological polar surface area (TPSA) is 70.5 Å². The number of thiazole rings is 1. The number of aliphatic hydroxyl groups excluding tert-OH is 1. The number of aryl methyl sites for hydroxylation is 1. The molecule has 1 atom stereocenters. The van der Waals surface area contributed by atoms with Gasteiger partial charge in [-0.05, 0) is 42.3 Å². The third kappa shape index (κ3) is 4.31. The molecule has 5 nitrogen and oxygen atoms in total. The molecular weight excluding hydrogens is 482 g/mol. The van der Waals surface area contributed by atoms with Gasteiger partial charge in [-0.15, -0.1) is 11.3 Å². The molecule has 3 aromatic carbocycles. The molecule has 0 fully saturated rings. The van der Waals surface area contributed by atoms with Crippen LogP contribution in [-0.4, -0.2) is 26.7 Å². The highest BCUT2D eigenvalue weighted by atomic mass is 32.1. The van der Waals surface area contributed by atoms with Crippen LogP contribution in [0.3, 0.4) is 0 Å². The Labute approximate surface area is 210 Å². The average molecular weight is 503 g/mol. The van der Waals surface area contributed by atoms with Crippen molar-refractivity contribution in [3.63, 3.8) is 0 Å². The monoisotopic (exact) mass is 502 g/mol. The zero-order chi connectivity index (χ0) is 25.4. The fraction of sp³-hybridized carbons (Fsp3) is 0.107. The van der Waals surface area contributed by atoms with Crippen molar-refractivity contribution in [3.8, 4) is 10.6 Å². The van der Waals surface area contributed by atoms with Crippen LogP contribution in [-0.2, 0) is 11.3 Å². The number of carbonyl (C=O) groups is 2. The van der Waals surface area contributed by atoms with E-state index in [9.17, 15) is 23.5 Å². The van der Waals surface area contributed by atoms with Crippen molar-refractivity contribution in [2.75, 3.05) is 0 Å². The summed E-state index contributed by atoms with van der Waals surface area (Å²) in [5, 5.41) is 11.5. The van der Waals surface area contributed by atoms with Crippen LogP contribution < -0.4 is 0 Å². The lowest BCUT2D eigenvalue weighted by Crippen LogP contribution is -2.30. The maximum absolute atomic E-state index is 13.8. The Kier molecular flexibility index (Phi) is 6.20. The average Bonchev–Trinajstić information content (AvgIpc) is 3.39. The molecule has 0 spiro atoms. The van der Waals surface area contributed by atoms with E-state index in [1.165, 1.54) is 64.8 Å². The smallest absolute Gasteiger partial charge is 0.290 e. The molecule has 0 aliphatic carbocycles. The van der Waals surface area contributed by atoms with Gasteiger partial charge < -0.3 is 10.0 Å². The number of Topliss-reactive ketones (excluding diaryl/α,β-unsaturated/α-hetero) is 1. The summed E-state index contributed by atoms with van der Waals surface area (Å²) in [7, 11) is 0. The highest BCUT2D eigenvalue weighted by Crippen LogP contribution is 2.41. The molecule has 2 heterocycles. The van der Waals surface area contributed by atoms with E-state index in [2.05, 4.69) is 4.98 Å². The largest absolute Gasteiger partial charge is 0.503 e. The summed E-state index contributed by atoms with van der Waals surface area (Å²) in [6, 6.07) is 19.5. The molecule has 0 bridgehead atoms. The molecule has 8 heteroatoms. The molecule has 1 unspecified atom stereocenters. The summed E-state index contributed by atoms with van der Waals surface area (Å²) in [4.78, 5) is 33.2. The van der Waals surface area contributed by atoms with Crippen molar-refractivity contribution in [2.45, 2.75) is 19.5 Å². The summed E-state index contributed by atoms with van der Waals surface area (Å²) in [6.45, 7) is 1.71. The molecule has 0 saturated carbocycles. The molecule has 1 aromatic heterocycles. The molecule has 0 radical (unpaired) electrons. The summed E-state index contributed by atoms with van der Waals surface area (Å²) in [5.74, 6) is -2.81. The van der Waals surface area contributed by atoms with E-state index in [1.54, 1.807) is 6.92 Å². The number of halogens is 2. The Morgan fingerprint density at radius 3 is 2.22 bits per heavy atom. The van der Waals surface area contributed by atoms with E-state index in [-0.39, 0.29) is 12.1 Å². The minimum Gasteiger partial charge on any atom is -0.503 e. The summed E-state index contributed by atoms with van der Waals surface area (Å²) < 4.78 is 27.1. The molecule has 36 heavy (non-hydrogen) atoms. The Morgan fingerprint density at radius 2 is 1.58 bits per heavy atom. The van der Waals surface area contributed by atoms with Crippen LogP contribution in [0.2, 0.25) is 0 Å². The molecule has 1 N–H and O–H groups in total. The van der Waals surface area contributed by atoms with Gasteiger partial charge in [0.05, 0.1) is 22.2 Å². The first kappa shape index (κ1) is 23.6. The summed E-state index contributed by atoms with van der Waals surface area (Å²) in [6.07, 6.45) is 0. The zero-order valence-electron chi connectivity index (χ0n) is 19.1.